The summed E-state index contributed by atoms with van der Waals surface area (Å²) in [7, 11) is 1.99. The number of aryl methyl sites for hydroxylation is 1. The molecule has 102 valence electrons. The van der Waals surface area contributed by atoms with Crippen LogP contribution in [0.5, 0.6) is 0 Å². The van der Waals surface area contributed by atoms with Gasteiger partial charge in [0, 0.05) is 13.2 Å². The first-order valence-corrected chi connectivity index (χ1v) is 6.64. The summed E-state index contributed by atoms with van der Waals surface area (Å²) in [5.74, 6) is -0.192. The number of imidazole rings is 1. The second-order valence-electron chi connectivity index (χ2n) is 4.77. The standard InChI is InChI=1S/C15H20FN3/c1-3-8-18-14(15-10-17-11-19(15)2)9-12-4-6-13(16)7-5-12/h4-7,10-11,14,18H,3,8-9H2,1-2H3. The number of hydrogen-bond donors (Lipinski definition) is 1. The first kappa shape index (κ1) is 13.7. The molecular weight excluding hydrogens is 241 g/mol. The van der Waals surface area contributed by atoms with E-state index in [1.807, 2.05) is 29.9 Å². The van der Waals surface area contributed by atoms with Crippen molar-refractivity contribution in [3.8, 4) is 0 Å². The Kier molecular flexibility index (Phi) is 4.68. The molecule has 0 fully saturated rings. The van der Waals surface area contributed by atoms with Crippen molar-refractivity contribution >= 4 is 0 Å². The Bertz CT molecular complexity index is 504. The van der Waals surface area contributed by atoms with Gasteiger partial charge in [-0.3, -0.25) is 0 Å². The maximum absolute atomic E-state index is 12.9. The zero-order valence-corrected chi connectivity index (χ0v) is 11.4. The van der Waals surface area contributed by atoms with E-state index in [0.29, 0.717) is 0 Å². The van der Waals surface area contributed by atoms with Crippen LogP contribution >= 0.6 is 0 Å². The second kappa shape index (κ2) is 6.48. The van der Waals surface area contributed by atoms with Crippen molar-refractivity contribution in [1.29, 1.82) is 0 Å². The van der Waals surface area contributed by atoms with Gasteiger partial charge in [-0.1, -0.05) is 19.1 Å². The molecule has 0 saturated carbocycles. The molecule has 19 heavy (non-hydrogen) atoms. The van der Waals surface area contributed by atoms with E-state index in [1.54, 1.807) is 6.33 Å². The van der Waals surface area contributed by atoms with Crippen molar-refractivity contribution in [3.05, 3.63) is 53.9 Å². The van der Waals surface area contributed by atoms with Gasteiger partial charge in [0.25, 0.3) is 0 Å². The van der Waals surface area contributed by atoms with E-state index < -0.39 is 0 Å². The minimum absolute atomic E-state index is 0.192. The van der Waals surface area contributed by atoms with Crippen molar-refractivity contribution in [2.45, 2.75) is 25.8 Å². The van der Waals surface area contributed by atoms with Crippen molar-refractivity contribution in [1.82, 2.24) is 14.9 Å². The zero-order chi connectivity index (χ0) is 13.7. The Morgan fingerprint density at radius 1 is 1.32 bits per heavy atom. The van der Waals surface area contributed by atoms with Crippen LogP contribution in [-0.2, 0) is 13.5 Å². The topological polar surface area (TPSA) is 29.9 Å². The van der Waals surface area contributed by atoms with Gasteiger partial charge < -0.3 is 9.88 Å². The molecule has 1 aromatic carbocycles. The van der Waals surface area contributed by atoms with Gasteiger partial charge in [0.05, 0.1) is 18.1 Å². The molecule has 0 amide bonds. The Balaban J connectivity index is 2.14. The van der Waals surface area contributed by atoms with E-state index in [1.165, 1.54) is 12.1 Å². The van der Waals surface area contributed by atoms with E-state index in [-0.39, 0.29) is 11.9 Å². The smallest absolute Gasteiger partial charge is 0.123 e. The highest BCUT2D eigenvalue weighted by Crippen LogP contribution is 2.18. The summed E-state index contributed by atoms with van der Waals surface area (Å²) < 4.78 is 15.0. The fraction of sp³-hybridized carbons (Fsp3) is 0.400. The SMILES string of the molecule is CCCNC(Cc1ccc(F)cc1)c1cncn1C. The fourth-order valence-corrected chi connectivity index (χ4v) is 2.16. The summed E-state index contributed by atoms with van der Waals surface area (Å²) in [6.07, 6.45) is 5.61. The van der Waals surface area contributed by atoms with Crippen molar-refractivity contribution < 1.29 is 4.39 Å². The molecule has 0 aliphatic carbocycles. The third-order valence-corrected chi connectivity index (χ3v) is 3.20. The highest BCUT2D eigenvalue weighted by Gasteiger charge is 2.14. The molecule has 0 radical (unpaired) electrons. The third kappa shape index (κ3) is 3.64. The molecule has 0 saturated heterocycles. The maximum Gasteiger partial charge on any atom is 0.123 e. The summed E-state index contributed by atoms with van der Waals surface area (Å²) in [4.78, 5) is 4.17. The number of rotatable bonds is 6. The van der Waals surface area contributed by atoms with Crippen LogP contribution in [0, 0.1) is 5.82 Å². The molecule has 1 heterocycles. The van der Waals surface area contributed by atoms with Crippen LogP contribution in [0.2, 0.25) is 0 Å². The Labute approximate surface area is 113 Å². The first-order chi connectivity index (χ1) is 9.20. The molecule has 2 aromatic rings. The summed E-state index contributed by atoms with van der Waals surface area (Å²) in [5, 5.41) is 3.52. The number of nitrogens with zero attached hydrogens (tertiary/aromatic N) is 2. The lowest BCUT2D eigenvalue weighted by molar-refractivity contribution is 0.503. The van der Waals surface area contributed by atoms with Gasteiger partial charge in [-0.2, -0.15) is 0 Å². The molecule has 1 aromatic heterocycles. The fourth-order valence-electron chi connectivity index (χ4n) is 2.16. The molecular formula is C15H20FN3. The van der Waals surface area contributed by atoms with Crippen LogP contribution < -0.4 is 5.32 Å². The third-order valence-electron chi connectivity index (χ3n) is 3.20. The van der Waals surface area contributed by atoms with Crippen LogP contribution in [0.15, 0.2) is 36.8 Å². The summed E-state index contributed by atoms with van der Waals surface area (Å²) in [5.41, 5.74) is 2.27. The van der Waals surface area contributed by atoms with Gasteiger partial charge in [0.1, 0.15) is 5.82 Å². The van der Waals surface area contributed by atoms with Crippen LogP contribution in [-0.4, -0.2) is 16.1 Å². The lowest BCUT2D eigenvalue weighted by atomic mass is 10.0. The Hall–Kier alpha value is -1.68. The molecule has 1 unspecified atom stereocenters. The van der Waals surface area contributed by atoms with E-state index >= 15 is 0 Å². The monoisotopic (exact) mass is 261 g/mol. The molecule has 1 atom stereocenters. The Morgan fingerprint density at radius 2 is 2.05 bits per heavy atom. The number of aromatic nitrogens is 2. The largest absolute Gasteiger partial charge is 0.336 e. The van der Waals surface area contributed by atoms with Gasteiger partial charge in [0.2, 0.25) is 0 Å². The predicted molar refractivity (Wildman–Crippen MR) is 74.3 cm³/mol. The molecule has 2 rings (SSSR count). The molecule has 0 spiro atoms. The highest BCUT2D eigenvalue weighted by atomic mass is 19.1. The minimum Gasteiger partial charge on any atom is -0.336 e. The van der Waals surface area contributed by atoms with Crippen LogP contribution in [0.1, 0.15) is 30.6 Å². The number of hydrogen-bond acceptors (Lipinski definition) is 2. The molecule has 0 aliphatic heterocycles. The van der Waals surface area contributed by atoms with Crippen molar-refractivity contribution in [2.75, 3.05) is 6.54 Å². The average Bonchev–Trinajstić information content (AvgIpc) is 2.83. The summed E-state index contributed by atoms with van der Waals surface area (Å²) in [6.45, 7) is 3.10. The number of halogens is 1. The van der Waals surface area contributed by atoms with Crippen molar-refractivity contribution in [2.24, 2.45) is 7.05 Å². The molecule has 0 bridgehead atoms. The second-order valence-corrected chi connectivity index (χ2v) is 4.77. The maximum atomic E-state index is 12.9. The van der Waals surface area contributed by atoms with E-state index in [4.69, 9.17) is 0 Å². The van der Waals surface area contributed by atoms with Crippen LogP contribution in [0.25, 0.3) is 0 Å². The lowest BCUT2D eigenvalue weighted by Crippen LogP contribution is -2.25. The van der Waals surface area contributed by atoms with E-state index in [9.17, 15) is 4.39 Å². The summed E-state index contributed by atoms with van der Waals surface area (Å²) >= 11 is 0. The molecule has 4 heteroatoms. The van der Waals surface area contributed by atoms with Gasteiger partial charge in [-0.05, 0) is 37.1 Å². The van der Waals surface area contributed by atoms with Gasteiger partial charge in [-0.25, -0.2) is 9.37 Å². The first-order valence-electron chi connectivity index (χ1n) is 6.64. The van der Waals surface area contributed by atoms with Crippen molar-refractivity contribution in [3.63, 3.8) is 0 Å². The van der Waals surface area contributed by atoms with Crippen LogP contribution in [0.4, 0.5) is 4.39 Å². The quantitative estimate of drug-likeness (QED) is 0.866. The summed E-state index contributed by atoms with van der Waals surface area (Å²) in [6, 6.07) is 6.90. The number of benzene rings is 1. The highest BCUT2D eigenvalue weighted by molar-refractivity contribution is 5.19. The average molecular weight is 261 g/mol. The normalized spacial score (nSPS) is 12.6. The van der Waals surface area contributed by atoms with Crippen LogP contribution in [0.3, 0.4) is 0 Å². The van der Waals surface area contributed by atoms with E-state index in [2.05, 4.69) is 17.2 Å². The molecule has 3 nitrogen and oxygen atoms in total. The van der Waals surface area contributed by atoms with Gasteiger partial charge in [0.15, 0.2) is 0 Å². The van der Waals surface area contributed by atoms with Gasteiger partial charge in [-0.15, -0.1) is 0 Å². The number of nitrogens with one attached hydrogen (secondary N) is 1. The predicted octanol–water partition coefficient (Wildman–Crippen LogP) is 2.84. The molecule has 1 N–H and O–H groups in total. The zero-order valence-electron chi connectivity index (χ0n) is 11.4. The minimum atomic E-state index is -0.192. The molecule has 0 aliphatic rings. The lowest BCUT2D eigenvalue weighted by Gasteiger charge is -2.19. The van der Waals surface area contributed by atoms with E-state index in [0.717, 1.165) is 30.6 Å². The van der Waals surface area contributed by atoms with Gasteiger partial charge >= 0.3 is 0 Å². The Morgan fingerprint density at radius 3 is 2.63 bits per heavy atom.